The van der Waals surface area contributed by atoms with Crippen molar-refractivity contribution in [3.63, 3.8) is 0 Å². The molecular formula is C12H9BrN2O. The van der Waals surface area contributed by atoms with Crippen LogP contribution in [0.3, 0.4) is 0 Å². The summed E-state index contributed by atoms with van der Waals surface area (Å²) < 4.78 is 0.666. The maximum absolute atomic E-state index is 11.8. The lowest BCUT2D eigenvalue weighted by Crippen LogP contribution is -2.06. The highest BCUT2D eigenvalue weighted by Gasteiger charge is 2.09. The molecule has 0 N–H and O–H groups in total. The molecule has 0 aliphatic carbocycles. The van der Waals surface area contributed by atoms with Gasteiger partial charge < -0.3 is 0 Å². The Kier molecular flexibility index (Phi) is 3.41. The van der Waals surface area contributed by atoms with Gasteiger partial charge in [-0.25, -0.2) is 4.98 Å². The lowest BCUT2D eigenvalue weighted by molar-refractivity contribution is 0.0987. The van der Waals surface area contributed by atoms with E-state index in [0.29, 0.717) is 10.3 Å². The molecule has 0 radical (unpaired) electrons. The molecule has 2 rings (SSSR count). The molecule has 2 aromatic rings. The van der Waals surface area contributed by atoms with E-state index < -0.39 is 0 Å². The number of hydrogen-bond donors (Lipinski definition) is 0. The van der Waals surface area contributed by atoms with Crippen LogP contribution in [-0.4, -0.2) is 15.8 Å². The first-order chi connectivity index (χ1) is 7.75. The lowest BCUT2D eigenvalue weighted by Gasteiger charge is -2.00. The van der Waals surface area contributed by atoms with Gasteiger partial charge in [-0.05, 0) is 40.2 Å². The first-order valence-corrected chi connectivity index (χ1v) is 5.60. The van der Waals surface area contributed by atoms with Gasteiger partial charge in [0.25, 0.3) is 0 Å². The molecule has 0 bridgehead atoms. The molecule has 0 saturated heterocycles. The summed E-state index contributed by atoms with van der Waals surface area (Å²) in [6.07, 6.45) is 1.96. The minimum atomic E-state index is -0.0278. The van der Waals surface area contributed by atoms with Gasteiger partial charge in [0, 0.05) is 11.9 Å². The third-order valence-electron chi connectivity index (χ3n) is 2.07. The van der Waals surface area contributed by atoms with Gasteiger partial charge in [-0.15, -0.1) is 0 Å². The van der Waals surface area contributed by atoms with Crippen LogP contribution in [-0.2, 0) is 6.42 Å². The van der Waals surface area contributed by atoms with Gasteiger partial charge >= 0.3 is 0 Å². The Morgan fingerprint density at radius 1 is 1.19 bits per heavy atom. The number of pyridine rings is 2. The quantitative estimate of drug-likeness (QED) is 0.640. The van der Waals surface area contributed by atoms with Crippen molar-refractivity contribution in [1.82, 2.24) is 9.97 Å². The van der Waals surface area contributed by atoms with Gasteiger partial charge in [0.2, 0.25) is 0 Å². The SMILES string of the molecule is O=C(Cc1ccccn1)c1cccc(Br)n1. The van der Waals surface area contributed by atoms with Crippen molar-refractivity contribution in [1.29, 1.82) is 0 Å². The molecule has 4 heteroatoms. The molecule has 0 aromatic carbocycles. The Bertz CT molecular complexity index is 499. The molecule has 80 valence electrons. The molecule has 0 saturated carbocycles. The topological polar surface area (TPSA) is 42.9 Å². The zero-order valence-electron chi connectivity index (χ0n) is 8.43. The Morgan fingerprint density at radius 2 is 2.06 bits per heavy atom. The minimum absolute atomic E-state index is 0.0278. The van der Waals surface area contributed by atoms with E-state index >= 15 is 0 Å². The molecule has 3 nitrogen and oxygen atoms in total. The van der Waals surface area contributed by atoms with Gasteiger partial charge in [0.15, 0.2) is 5.78 Å². The van der Waals surface area contributed by atoms with Crippen LogP contribution in [0.15, 0.2) is 47.2 Å². The summed E-state index contributed by atoms with van der Waals surface area (Å²) in [4.78, 5) is 20.1. The van der Waals surface area contributed by atoms with Gasteiger partial charge in [-0.1, -0.05) is 12.1 Å². The molecule has 0 spiro atoms. The molecule has 16 heavy (non-hydrogen) atoms. The number of carbonyl (C=O) groups is 1. The molecule has 2 heterocycles. The predicted molar refractivity (Wildman–Crippen MR) is 64.2 cm³/mol. The van der Waals surface area contributed by atoms with Gasteiger partial charge in [-0.2, -0.15) is 0 Å². The second-order valence-corrected chi connectivity index (χ2v) is 4.08. The fourth-order valence-electron chi connectivity index (χ4n) is 1.32. The Labute approximate surface area is 102 Å². The third kappa shape index (κ3) is 2.73. The Balaban J connectivity index is 2.15. The molecule has 0 aliphatic rings. The zero-order valence-corrected chi connectivity index (χ0v) is 10.0. The summed E-state index contributed by atoms with van der Waals surface area (Å²) in [5, 5.41) is 0. The summed E-state index contributed by atoms with van der Waals surface area (Å²) >= 11 is 3.24. The van der Waals surface area contributed by atoms with Crippen molar-refractivity contribution in [3.05, 3.63) is 58.6 Å². The van der Waals surface area contributed by atoms with Crippen LogP contribution in [0, 0.1) is 0 Å². The first-order valence-electron chi connectivity index (χ1n) is 4.81. The van der Waals surface area contributed by atoms with Gasteiger partial charge in [0.1, 0.15) is 10.3 Å². The Morgan fingerprint density at radius 3 is 2.75 bits per heavy atom. The van der Waals surface area contributed by atoms with Gasteiger partial charge in [0.05, 0.1) is 6.42 Å². The number of rotatable bonds is 3. The maximum Gasteiger partial charge on any atom is 0.187 e. The summed E-state index contributed by atoms with van der Waals surface area (Å²) in [5.41, 5.74) is 1.22. The van der Waals surface area contributed by atoms with Crippen molar-refractivity contribution in [2.24, 2.45) is 0 Å². The first kappa shape index (κ1) is 11.0. The van der Waals surface area contributed by atoms with Crippen molar-refractivity contribution < 1.29 is 4.79 Å². The normalized spacial score (nSPS) is 10.1. The average molecular weight is 277 g/mol. The maximum atomic E-state index is 11.8. The van der Waals surface area contributed by atoms with Crippen molar-refractivity contribution in [2.75, 3.05) is 0 Å². The Hall–Kier alpha value is -1.55. The number of carbonyl (C=O) groups excluding carboxylic acids is 1. The number of halogens is 1. The van der Waals surface area contributed by atoms with E-state index in [4.69, 9.17) is 0 Å². The second-order valence-electron chi connectivity index (χ2n) is 3.27. The third-order valence-corrected chi connectivity index (χ3v) is 2.51. The van der Waals surface area contributed by atoms with Crippen molar-refractivity contribution in [2.45, 2.75) is 6.42 Å². The van der Waals surface area contributed by atoms with E-state index in [0.717, 1.165) is 5.69 Å². The minimum Gasteiger partial charge on any atom is -0.292 e. The number of aromatic nitrogens is 2. The monoisotopic (exact) mass is 276 g/mol. The number of Topliss-reactive ketones (excluding diaryl/α,β-unsaturated/α-hetero) is 1. The summed E-state index contributed by atoms with van der Waals surface area (Å²) in [6, 6.07) is 10.8. The van der Waals surface area contributed by atoms with Crippen molar-refractivity contribution in [3.8, 4) is 0 Å². The van der Waals surface area contributed by atoms with Crippen LogP contribution in [0.1, 0.15) is 16.2 Å². The fourth-order valence-corrected chi connectivity index (χ4v) is 1.66. The molecule has 0 fully saturated rings. The summed E-state index contributed by atoms with van der Waals surface area (Å²) in [7, 11) is 0. The average Bonchev–Trinajstić information content (AvgIpc) is 2.30. The standard InChI is InChI=1S/C12H9BrN2O/c13-12-6-3-5-10(15-12)11(16)8-9-4-1-2-7-14-9/h1-7H,8H2. The largest absolute Gasteiger partial charge is 0.292 e. The van der Waals surface area contributed by atoms with Crippen LogP contribution < -0.4 is 0 Å². The molecule has 0 aliphatic heterocycles. The van der Waals surface area contributed by atoms with Crippen LogP contribution in [0.25, 0.3) is 0 Å². The molecule has 0 atom stereocenters. The van der Waals surface area contributed by atoms with E-state index in [1.165, 1.54) is 0 Å². The van der Waals surface area contributed by atoms with E-state index in [9.17, 15) is 4.79 Å². The summed E-state index contributed by atoms with van der Waals surface area (Å²) in [6.45, 7) is 0. The molecular weight excluding hydrogens is 268 g/mol. The van der Waals surface area contributed by atoms with Crippen LogP contribution >= 0.6 is 15.9 Å². The summed E-state index contributed by atoms with van der Waals surface area (Å²) in [5.74, 6) is -0.0278. The van der Waals surface area contributed by atoms with Gasteiger partial charge in [-0.3, -0.25) is 9.78 Å². The molecule has 2 aromatic heterocycles. The van der Waals surface area contributed by atoms with Crippen LogP contribution in [0.5, 0.6) is 0 Å². The highest BCUT2D eigenvalue weighted by molar-refractivity contribution is 9.10. The predicted octanol–water partition coefficient (Wildman–Crippen LogP) is 2.66. The second kappa shape index (κ2) is 4.99. The lowest BCUT2D eigenvalue weighted by atomic mass is 10.1. The smallest absolute Gasteiger partial charge is 0.187 e. The van der Waals surface area contributed by atoms with E-state index in [1.54, 1.807) is 24.4 Å². The van der Waals surface area contributed by atoms with E-state index in [1.807, 2.05) is 18.2 Å². The number of nitrogens with zero attached hydrogens (tertiary/aromatic N) is 2. The highest BCUT2D eigenvalue weighted by atomic mass is 79.9. The van der Waals surface area contributed by atoms with Crippen LogP contribution in [0.2, 0.25) is 0 Å². The van der Waals surface area contributed by atoms with E-state index in [2.05, 4.69) is 25.9 Å². The van der Waals surface area contributed by atoms with Crippen LogP contribution in [0.4, 0.5) is 0 Å². The highest BCUT2D eigenvalue weighted by Crippen LogP contribution is 2.08. The zero-order chi connectivity index (χ0) is 11.4. The molecule has 0 amide bonds. The number of hydrogen-bond acceptors (Lipinski definition) is 3. The van der Waals surface area contributed by atoms with Crippen molar-refractivity contribution >= 4 is 21.7 Å². The number of ketones is 1. The fraction of sp³-hybridized carbons (Fsp3) is 0.0833. The molecule has 0 unspecified atom stereocenters. The van der Waals surface area contributed by atoms with E-state index in [-0.39, 0.29) is 12.2 Å².